The highest BCUT2D eigenvalue weighted by Crippen LogP contribution is 2.38. The monoisotopic (exact) mass is 343 g/mol. The fourth-order valence-corrected chi connectivity index (χ4v) is 2.50. The van der Waals surface area contributed by atoms with Gasteiger partial charge in [0, 0.05) is 5.56 Å². The summed E-state index contributed by atoms with van der Waals surface area (Å²) in [7, 11) is 0. The number of carboxylic acids is 1. The lowest BCUT2D eigenvalue weighted by molar-refractivity contribution is 0.0692. The van der Waals surface area contributed by atoms with E-state index in [0.29, 0.717) is 16.1 Å². The molecule has 0 saturated heterocycles. The van der Waals surface area contributed by atoms with E-state index < -0.39 is 11.9 Å². The largest absolute Gasteiger partial charge is 0.478 e. The molecule has 7 heteroatoms. The van der Waals surface area contributed by atoms with Gasteiger partial charge in [-0.1, -0.05) is 46.9 Å². The van der Waals surface area contributed by atoms with E-state index in [1.807, 2.05) is 0 Å². The Bertz CT molecular complexity index is 759. The van der Waals surface area contributed by atoms with Gasteiger partial charge in [0.1, 0.15) is 0 Å². The van der Waals surface area contributed by atoms with Crippen LogP contribution >= 0.6 is 34.8 Å². The van der Waals surface area contributed by atoms with E-state index >= 15 is 0 Å². The molecule has 0 aliphatic carbocycles. The summed E-state index contributed by atoms with van der Waals surface area (Å²) in [6.07, 6.45) is 0. The van der Waals surface area contributed by atoms with Crippen LogP contribution in [0.25, 0.3) is 11.1 Å². The Kier molecular flexibility index (Phi) is 4.42. The van der Waals surface area contributed by atoms with Gasteiger partial charge in [0.2, 0.25) is 5.91 Å². The van der Waals surface area contributed by atoms with Crippen LogP contribution in [0, 0.1) is 0 Å². The van der Waals surface area contributed by atoms with Crippen LogP contribution in [-0.2, 0) is 0 Å². The van der Waals surface area contributed by atoms with Gasteiger partial charge in [-0.15, -0.1) is 0 Å². The topological polar surface area (TPSA) is 80.4 Å². The average Bonchev–Trinajstić information content (AvgIpc) is 2.44. The zero-order valence-electron chi connectivity index (χ0n) is 10.4. The Labute approximate surface area is 135 Å². The number of amides is 1. The second-order valence-corrected chi connectivity index (χ2v) is 5.32. The van der Waals surface area contributed by atoms with Crippen LogP contribution in [0.5, 0.6) is 0 Å². The summed E-state index contributed by atoms with van der Waals surface area (Å²) in [6.45, 7) is 0. The molecule has 1 amide bonds. The maximum Gasteiger partial charge on any atom is 0.336 e. The van der Waals surface area contributed by atoms with Gasteiger partial charge in [-0.2, -0.15) is 0 Å². The molecule has 3 N–H and O–H groups in total. The number of hydrogen-bond acceptors (Lipinski definition) is 2. The minimum Gasteiger partial charge on any atom is -0.478 e. The maximum atomic E-state index is 11.4. The maximum absolute atomic E-state index is 11.4. The van der Waals surface area contributed by atoms with Gasteiger partial charge in [-0.05, 0) is 23.8 Å². The fraction of sp³-hybridized carbons (Fsp3) is 0. The molecule has 2 aromatic rings. The van der Waals surface area contributed by atoms with E-state index in [2.05, 4.69) is 0 Å². The van der Waals surface area contributed by atoms with Crippen LogP contribution < -0.4 is 5.73 Å². The second-order valence-electron chi connectivity index (χ2n) is 4.15. The van der Waals surface area contributed by atoms with Gasteiger partial charge in [0.05, 0.1) is 26.2 Å². The fourth-order valence-electron chi connectivity index (χ4n) is 1.85. The van der Waals surface area contributed by atoms with Crippen LogP contribution in [0.2, 0.25) is 15.1 Å². The molecule has 108 valence electrons. The number of carbonyl (C=O) groups excluding carboxylic acids is 1. The molecule has 0 fully saturated rings. The molecular formula is C14H8Cl3NO3. The minimum atomic E-state index is -1.24. The van der Waals surface area contributed by atoms with E-state index in [-0.39, 0.29) is 21.2 Å². The van der Waals surface area contributed by atoms with E-state index in [1.165, 1.54) is 18.2 Å². The van der Waals surface area contributed by atoms with Crippen LogP contribution in [0.4, 0.5) is 0 Å². The molecule has 0 heterocycles. The Morgan fingerprint density at radius 3 is 2.19 bits per heavy atom. The lowest BCUT2D eigenvalue weighted by atomic mass is 9.98. The smallest absolute Gasteiger partial charge is 0.336 e. The summed E-state index contributed by atoms with van der Waals surface area (Å²) in [4.78, 5) is 22.5. The summed E-state index contributed by atoms with van der Waals surface area (Å²) in [6, 6.07) is 7.34. The van der Waals surface area contributed by atoms with Crippen molar-refractivity contribution in [1.29, 1.82) is 0 Å². The summed E-state index contributed by atoms with van der Waals surface area (Å²) < 4.78 is 0. The quantitative estimate of drug-likeness (QED) is 0.822. The first-order chi connectivity index (χ1) is 9.82. The lowest BCUT2D eigenvalue weighted by Crippen LogP contribution is -2.16. The number of carboxylic acid groups (broad SMARTS) is 1. The number of nitrogens with two attached hydrogens (primary N) is 1. The molecular weight excluding hydrogens is 337 g/mol. The van der Waals surface area contributed by atoms with Gasteiger partial charge < -0.3 is 10.8 Å². The Morgan fingerprint density at radius 2 is 1.62 bits per heavy atom. The highest BCUT2D eigenvalue weighted by Gasteiger charge is 2.17. The van der Waals surface area contributed by atoms with E-state index in [0.717, 1.165) is 0 Å². The number of primary amides is 1. The second kappa shape index (κ2) is 5.93. The standard InChI is InChI=1S/C14H8Cl3NO3/c15-10-4-3-7(11(16)12(10)17)6-1-2-8(14(20)21)9(5-6)13(18)19/h1-5H,(H2,18,19)(H,20,21). The number of halogens is 3. The molecule has 0 spiro atoms. The van der Waals surface area contributed by atoms with Gasteiger partial charge in [-0.3, -0.25) is 4.79 Å². The molecule has 2 aromatic carbocycles. The summed E-state index contributed by atoms with van der Waals surface area (Å²) in [5.41, 5.74) is 5.95. The third-order valence-corrected chi connectivity index (χ3v) is 4.16. The summed E-state index contributed by atoms with van der Waals surface area (Å²) in [5.74, 6) is -2.08. The zero-order chi connectivity index (χ0) is 15.7. The molecule has 0 unspecified atom stereocenters. The normalized spacial score (nSPS) is 10.4. The van der Waals surface area contributed by atoms with E-state index in [1.54, 1.807) is 12.1 Å². The van der Waals surface area contributed by atoms with Crippen molar-refractivity contribution in [3.8, 4) is 11.1 Å². The van der Waals surface area contributed by atoms with Crippen molar-refractivity contribution < 1.29 is 14.7 Å². The van der Waals surface area contributed by atoms with Gasteiger partial charge >= 0.3 is 5.97 Å². The molecule has 0 aromatic heterocycles. The third-order valence-electron chi connectivity index (χ3n) is 2.86. The van der Waals surface area contributed by atoms with E-state index in [9.17, 15) is 9.59 Å². The minimum absolute atomic E-state index is 0.109. The van der Waals surface area contributed by atoms with Crippen molar-refractivity contribution in [2.24, 2.45) is 5.73 Å². The number of benzene rings is 2. The summed E-state index contributed by atoms with van der Waals surface area (Å²) >= 11 is 17.9. The van der Waals surface area contributed by atoms with E-state index in [4.69, 9.17) is 45.6 Å². The Hall–Kier alpha value is -1.75. The third kappa shape index (κ3) is 2.97. The first-order valence-electron chi connectivity index (χ1n) is 5.64. The predicted molar refractivity (Wildman–Crippen MR) is 82.4 cm³/mol. The number of rotatable bonds is 3. The highest BCUT2D eigenvalue weighted by atomic mass is 35.5. The van der Waals surface area contributed by atoms with Crippen LogP contribution in [-0.4, -0.2) is 17.0 Å². The first-order valence-corrected chi connectivity index (χ1v) is 6.77. The molecule has 0 aliphatic rings. The van der Waals surface area contributed by atoms with Crippen molar-refractivity contribution in [3.63, 3.8) is 0 Å². The van der Waals surface area contributed by atoms with Gasteiger partial charge in [0.25, 0.3) is 0 Å². The molecule has 0 atom stereocenters. The van der Waals surface area contributed by atoms with Crippen molar-refractivity contribution in [1.82, 2.24) is 0 Å². The van der Waals surface area contributed by atoms with Crippen molar-refractivity contribution in [2.45, 2.75) is 0 Å². The molecule has 4 nitrogen and oxygen atoms in total. The van der Waals surface area contributed by atoms with Crippen molar-refractivity contribution >= 4 is 46.7 Å². The Morgan fingerprint density at radius 1 is 0.952 bits per heavy atom. The Balaban J connectivity index is 2.66. The van der Waals surface area contributed by atoms with Crippen molar-refractivity contribution in [3.05, 3.63) is 56.5 Å². The molecule has 21 heavy (non-hydrogen) atoms. The van der Waals surface area contributed by atoms with Crippen molar-refractivity contribution in [2.75, 3.05) is 0 Å². The highest BCUT2D eigenvalue weighted by molar-refractivity contribution is 6.49. The molecule has 2 rings (SSSR count). The molecule has 0 bridgehead atoms. The van der Waals surface area contributed by atoms with Crippen LogP contribution in [0.1, 0.15) is 20.7 Å². The first kappa shape index (κ1) is 15.6. The zero-order valence-corrected chi connectivity index (χ0v) is 12.6. The van der Waals surface area contributed by atoms with Crippen LogP contribution in [0.15, 0.2) is 30.3 Å². The van der Waals surface area contributed by atoms with Gasteiger partial charge in [-0.25, -0.2) is 4.79 Å². The number of hydrogen-bond donors (Lipinski definition) is 2. The predicted octanol–water partition coefficient (Wildman–Crippen LogP) is 4.11. The molecule has 0 radical (unpaired) electrons. The molecule has 0 aliphatic heterocycles. The number of aromatic carboxylic acids is 1. The lowest BCUT2D eigenvalue weighted by Gasteiger charge is -2.10. The summed E-state index contributed by atoms with van der Waals surface area (Å²) in [5, 5.41) is 9.72. The van der Waals surface area contributed by atoms with Crippen LogP contribution in [0.3, 0.4) is 0 Å². The molecule has 0 saturated carbocycles. The average molecular weight is 345 g/mol. The SMILES string of the molecule is NC(=O)c1cc(-c2ccc(Cl)c(Cl)c2Cl)ccc1C(=O)O. The van der Waals surface area contributed by atoms with Gasteiger partial charge in [0.15, 0.2) is 0 Å². The number of carbonyl (C=O) groups is 2.